The first-order valence-corrected chi connectivity index (χ1v) is 4.60. The highest BCUT2D eigenvalue weighted by molar-refractivity contribution is 6.32. The zero-order valence-corrected chi connectivity index (χ0v) is 8.38. The first-order valence-electron chi connectivity index (χ1n) is 4.22. The van der Waals surface area contributed by atoms with Gasteiger partial charge in [-0.25, -0.2) is 4.98 Å². The van der Waals surface area contributed by atoms with Gasteiger partial charge in [0.1, 0.15) is 5.02 Å². The number of halogens is 1. The molecule has 78 valence electrons. The second-order valence-electron chi connectivity index (χ2n) is 2.83. The van der Waals surface area contributed by atoms with E-state index >= 15 is 0 Å². The fourth-order valence-electron chi connectivity index (χ4n) is 1.07. The molecule has 3 N–H and O–H groups in total. The molecule has 7 heteroatoms. The summed E-state index contributed by atoms with van der Waals surface area (Å²) in [6.45, 7) is 0.482. The molecule has 2 rings (SSSR count). The molecular formula is C8H8ClN5O. The zero-order valence-electron chi connectivity index (χ0n) is 7.62. The van der Waals surface area contributed by atoms with Crippen molar-refractivity contribution >= 4 is 17.4 Å². The van der Waals surface area contributed by atoms with E-state index < -0.39 is 0 Å². The average molecular weight is 226 g/mol. The van der Waals surface area contributed by atoms with Gasteiger partial charge in [0.25, 0.3) is 5.56 Å². The minimum absolute atomic E-state index is 0.0528. The molecule has 15 heavy (non-hydrogen) atoms. The van der Waals surface area contributed by atoms with E-state index in [0.717, 1.165) is 5.69 Å². The molecule has 0 bridgehead atoms. The number of nitrogens with one attached hydrogen (secondary N) is 3. The summed E-state index contributed by atoms with van der Waals surface area (Å²) in [6.07, 6.45) is 2.94. The van der Waals surface area contributed by atoms with Crippen LogP contribution in [0, 0.1) is 0 Å². The fraction of sp³-hybridized carbons (Fsp3) is 0.125. The van der Waals surface area contributed by atoms with Crippen molar-refractivity contribution in [2.75, 3.05) is 5.32 Å². The lowest BCUT2D eigenvalue weighted by atomic mass is 10.4. The first kappa shape index (κ1) is 9.72. The SMILES string of the molecule is O=c1[nH]cnc(NCc2ccn[nH]2)c1Cl. The van der Waals surface area contributed by atoms with Crippen molar-refractivity contribution in [1.82, 2.24) is 20.2 Å². The topological polar surface area (TPSA) is 86.5 Å². The summed E-state index contributed by atoms with van der Waals surface area (Å²) in [4.78, 5) is 17.4. The van der Waals surface area contributed by atoms with E-state index in [9.17, 15) is 4.79 Å². The van der Waals surface area contributed by atoms with Crippen LogP contribution in [0.5, 0.6) is 0 Å². The van der Waals surface area contributed by atoms with Gasteiger partial charge < -0.3 is 10.3 Å². The van der Waals surface area contributed by atoms with Crippen LogP contribution in [0.4, 0.5) is 5.82 Å². The van der Waals surface area contributed by atoms with Crippen molar-refractivity contribution in [2.45, 2.75) is 6.54 Å². The van der Waals surface area contributed by atoms with E-state index in [-0.39, 0.29) is 10.6 Å². The van der Waals surface area contributed by atoms with Crippen molar-refractivity contribution < 1.29 is 0 Å². The maximum atomic E-state index is 11.1. The number of hydrogen-bond acceptors (Lipinski definition) is 4. The third kappa shape index (κ3) is 2.16. The van der Waals surface area contributed by atoms with Gasteiger partial charge in [0, 0.05) is 6.20 Å². The van der Waals surface area contributed by atoms with Crippen LogP contribution in [-0.4, -0.2) is 20.2 Å². The molecule has 0 aliphatic rings. The molecule has 0 saturated carbocycles. The molecule has 0 aliphatic heterocycles. The number of hydrogen-bond donors (Lipinski definition) is 3. The molecule has 2 heterocycles. The monoisotopic (exact) mass is 225 g/mol. The number of aromatic amines is 2. The number of rotatable bonds is 3. The van der Waals surface area contributed by atoms with Gasteiger partial charge in [-0.15, -0.1) is 0 Å². The predicted octanol–water partition coefficient (Wildman–Crippen LogP) is 0.758. The Morgan fingerprint density at radius 2 is 2.40 bits per heavy atom. The van der Waals surface area contributed by atoms with E-state index in [2.05, 4.69) is 25.5 Å². The minimum Gasteiger partial charge on any atom is -0.363 e. The van der Waals surface area contributed by atoms with E-state index in [4.69, 9.17) is 11.6 Å². The average Bonchev–Trinajstić information content (AvgIpc) is 2.73. The third-order valence-corrected chi connectivity index (χ3v) is 2.15. The highest BCUT2D eigenvalue weighted by Gasteiger charge is 2.04. The van der Waals surface area contributed by atoms with Crippen LogP contribution in [0.3, 0.4) is 0 Å². The van der Waals surface area contributed by atoms with Crippen molar-refractivity contribution in [1.29, 1.82) is 0 Å². The highest BCUT2D eigenvalue weighted by atomic mass is 35.5. The molecule has 0 aliphatic carbocycles. The first-order chi connectivity index (χ1) is 7.27. The molecular weight excluding hydrogens is 218 g/mol. The molecule has 0 amide bonds. The second-order valence-corrected chi connectivity index (χ2v) is 3.21. The van der Waals surface area contributed by atoms with Gasteiger partial charge >= 0.3 is 0 Å². The third-order valence-electron chi connectivity index (χ3n) is 1.80. The number of aromatic nitrogens is 4. The molecule has 0 saturated heterocycles. The Balaban J connectivity index is 2.12. The fourth-order valence-corrected chi connectivity index (χ4v) is 1.24. The second kappa shape index (κ2) is 4.14. The molecule has 0 spiro atoms. The quantitative estimate of drug-likeness (QED) is 0.720. The minimum atomic E-state index is -0.362. The lowest BCUT2D eigenvalue weighted by Crippen LogP contribution is -2.11. The molecule has 0 unspecified atom stereocenters. The van der Waals surface area contributed by atoms with E-state index in [1.54, 1.807) is 6.20 Å². The van der Waals surface area contributed by atoms with Gasteiger partial charge in [-0.3, -0.25) is 9.89 Å². The number of anilines is 1. The molecule has 0 aromatic carbocycles. The maximum Gasteiger partial charge on any atom is 0.271 e. The van der Waals surface area contributed by atoms with Gasteiger partial charge in [0.05, 0.1) is 18.6 Å². The Morgan fingerprint density at radius 1 is 1.53 bits per heavy atom. The van der Waals surface area contributed by atoms with Gasteiger partial charge in [-0.2, -0.15) is 5.10 Å². The van der Waals surface area contributed by atoms with Crippen LogP contribution in [0.25, 0.3) is 0 Å². The summed E-state index contributed by atoms with van der Waals surface area (Å²) in [5, 5.41) is 9.53. The van der Waals surface area contributed by atoms with Crippen LogP contribution in [0.2, 0.25) is 5.02 Å². The van der Waals surface area contributed by atoms with Crippen LogP contribution >= 0.6 is 11.6 Å². The Morgan fingerprint density at radius 3 is 3.13 bits per heavy atom. The van der Waals surface area contributed by atoms with Crippen molar-refractivity contribution in [2.24, 2.45) is 0 Å². The van der Waals surface area contributed by atoms with Gasteiger partial charge in [-0.1, -0.05) is 11.6 Å². The van der Waals surface area contributed by atoms with Crippen molar-refractivity contribution in [3.8, 4) is 0 Å². The van der Waals surface area contributed by atoms with E-state index in [1.807, 2.05) is 6.07 Å². The molecule has 2 aromatic heterocycles. The molecule has 0 fully saturated rings. The van der Waals surface area contributed by atoms with Crippen LogP contribution in [-0.2, 0) is 6.54 Å². The summed E-state index contributed by atoms with van der Waals surface area (Å²) in [5.41, 5.74) is 0.520. The standard InChI is InChI=1S/C8H8ClN5O/c9-6-7(11-4-12-8(6)15)10-3-5-1-2-13-14-5/h1-2,4H,3H2,(H,13,14)(H2,10,11,12,15). The normalized spacial score (nSPS) is 10.2. The summed E-state index contributed by atoms with van der Waals surface area (Å²) in [5.74, 6) is 0.356. The summed E-state index contributed by atoms with van der Waals surface area (Å²) in [6, 6.07) is 1.81. The van der Waals surface area contributed by atoms with Crippen molar-refractivity contribution in [3.63, 3.8) is 0 Å². The smallest absolute Gasteiger partial charge is 0.271 e. The van der Waals surface area contributed by atoms with Gasteiger partial charge in [0.2, 0.25) is 0 Å². The number of H-pyrrole nitrogens is 2. The number of nitrogens with zero attached hydrogens (tertiary/aromatic N) is 2. The Hall–Kier alpha value is -1.82. The van der Waals surface area contributed by atoms with Crippen LogP contribution in [0.1, 0.15) is 5.69 Å². The Labute approximate surface area is 89.7 Å². The summed E-state index contributed by atoms with van der Waals surface area (Å²) < 4.78 is 0. The highest BCUT2D eigenvalue weighted by Crippen LogP contribution is 2.12. The predicted molar refractivity (Wildman–Crippen MR) is 55.8 cm³/mol. The molecule has 0 atom stereocenters. The zero-order chi connectivity index (χ0) is 10.7. The van der Waals surface area contributed by atoms with Crippen molar-refractivity contribution in [3.05, 3.63) is 39.7 Å². The van der Waals surface area contributed by atoms with E-state index in [1.165, 1.54) is 6.33 Å². The molecule has 0 radical (unpaired) electrons. The Kier molecular flexibility index (Phi) is 2.68. The lowest BCUT2D eigenvalue weighted by molar-refractivity contribution is 0.968. The molecule has 2 aromatic rings. The van der Waals surface area contributed by atoms with E-state index in [0.29, 0.717) is 12.4 Å². The van der Waals surface area contributed by atoms with Crippen LogP contribution in [0.15, 0.2) is 23.4 Å². The molecule has 6 nitrogen and oxygen atoms in total. The summed E-state index contributed by atoms with van der Waals surface area (Å²) in [7, 11) is 0. The Bertz CT molecular complexity index is 492. The van der Waals surface area contributed by atoms with Gasteiger partial charge in [0.15, 0.2) is 5.82 Å². The van der Waals surface area contributed by atoms with Crippen LogP contribution < -0.4 is 10.9 Å². The maximum absolute atomic E-state index is 11.1. The lowest BCUT2D eigenvalue weighted by Gasteiger charge is -2.03. The summed E-state index contributed by atoms with van der Waals surface area (Å²) >= 11 is 5.74. The largest absolute Gasteiger partial charge is 0.363 e. The van der Waals surface area contributed by atoms with Gasteiger partial charge in [-0.05, 0) is 6.07 Å².